The van der Waals surface area contributed by atoms with Crippen molar-refractivity contribution in [2.75, 3.05) is 25.2 Å². The van der Waals surface area contributed by atoms with Crippen molar-refractivity contribution in [3.63, 3.8) is 0 Å². The van der Waals surface area contributed by atoms with Crippen LogP contribution < -0.4 is 9.47 Å². The number of sulfone groups is 1. The Hall–Kier alpha value is -1.58. The number of thiocarbonyl (C=S) groups is 1. The van der Waals surface area contributed by atoms with Gasteiger partial charge in [0.25, 0.3) is 5.91 Å². The van der Waals surface area contributed by atoms with Gasteiger partial charge in [-0.2, -0.15) is 0 Å². The summed E-state index contributed by atoms with van der Waals surface area (Å²) in [6, 6.07) is 5.13. The van der Waals surface area contributed by atoms with Crippen molar-refractivity contribution in [3.05, 3.63) is 28.7 Å². The second-order valence-electron chi connectivity index (χ2n) is 6.72. The molecule has 2 saturated heterocycles. The third-order valence-corrected chi connectivity index (χ3v) is 7.72. The van der Waals surface area contributed by atoms with Crippen molar-refractivity contribution in [2.45, 2.75) is 32.2 Å². The van der Waals surface area contributed by atoms with Gasteiger partial charge >= 0.3 is 0 Å². The fourth-order valence-corrected chi connectivity index (χ4v) is 6.24. The Morgan fingerprint density at radius 1 is 1.36 bits per heavy atom. The Bertz CT molecular complexity index is 910. The molecular weight excluding hydrogens is 418 g/mol. The summed E-state index contributed by atoms with van der Waals surface area (Å²) in [6.45, 7) is 2.72. The maximum Gasteiger partial charge on any atom is 0.266 e. The van der Waals surface area contributed by atoms with E-state index in [1.165, 1.54) is 16.7 Å². The molecule has 2 aliphatic heterocycles. The predicted octanol–water partition coefficient (Wildman–Crippen LogP) is 3.26. The Morgan fingerprint density at radius 3 is 2.79 bits per heavy atom. The zero-order valence-corrected chi connectivity index (χ0v) is 18.3. The molecule has 2 fully saturated rings. The van der Waals surface area contributed by atoms with Gasteiger partial charge in [-0.1, -0.05) is 43.4 Å². The quantitative estimate of drug-likeness (QED) is 0.365. The molecule has 0 spiro atoms. The van der Waals surface area contributed by atoms with Gasteiger partial charge in [-0.15, -0.1) is 0 Å². The molecule has 0 unspecified atom stereocenters. The number of ether oxygens (including phenoxy) is 2. The number of methoxy groups -OCH3 is 1. The van der Waals surface area contributed by atoms with E-state index < -0.39 is 9.84 Å². The standard InChI is InChI=1S/C19H23NO5S3/c1-3-4-8-25-15-6-5-13(10-16(15)24-2)11-17-18(21)20(19(26)27-17)14-7-9-28(22,23)12-14/h5-6,10-11,14H,3-4,7-9,12H2,1-2H3/b17-11+/t14-/m1/s1. The number of nitrogens with zero attached hydrogens (tertiary/aromatic N) is 1. The Morgan fingerprint density at radius 2 is 2.14 bits per heavy atom. The summed E-state index contributed by atoms with van der Waals surface area (Å²) in [4.78, 5) is 14.7. The van der Waals surface area contributed by atoms with Gasteiger partial charge in [0.05, 0.1) is 36.2 Å². The molecule has 0 bridgehead atoms. The fourth-order valence-electron chi connectivity index (χ4n) is 3.14. The van der Waals surface area contributed by atoms with E-state index >= 15 is 0 Å². The molecule has 0 saturated carbocycles. The fraction of sp³-hybridized carbons (Fsp3) is 0.474. The van der Waals surface area contributed by atoms with E-state index in [2.05, 4.69) is 6.92 Å². The van der Waals surface area contributed by atoms with Gasteiger partial charge in [-0.3, -0.25) is 9.69 Å². The minimum Gasteiger partial charge on any atom is -0.493 e. The first kappa shape index (κ1) is 21.1. The van der Waals surface area contributed by atoms with Crippen LogP contribution in [0.5, 0.6) is 11.5 Å². The maximum atomic E-state index is 12.8. The second kappa shape index (κ2) is 8.84. The van der Waals surface area contributed by atoms with Crippen LogP contribution in [0.1, 0.15) is 31.7 Å². The van der Waals surface area contributed by atoms with E-state index in [-0.39, 0.29) is 23.5 Å². The molecule has 28 heavy (non-hydrogen) atoms. The van der Waals surface area contributed by atoms with Crippen molar-refractivity contribution in [3.8, 4) is 11.5 Å². The highest BCUT2D eigenvalue weighted by Crippen LogP contribution is 2.37. The van der Waals surface area contributed by atoms with E-state index in [1.807, 2.05) is 18.2 Å². The third kappa shape index (κ3) is 4.69. The smallest absolute Gasteiger partial charge is 0.266 e. The first-order chi connectivity index (χ1) is 13.3. The van der Waals surface area contributed by atoms with Crippen LogP contribution in [-0.2, 0) is 14.6 Å². The van der Waals surface area contributed by atoms with Crippen LogP contribution in [0.3, 0.4) is 0 Å². The predicted molar refractivity (Wildman–Crippen MR) is 115 cm³/mol. The normalized spacial score (nSPS) is 22.9. The lowest BCUT2D eigenvalue weighted by Gasteiger charge is -2.20. The van der Waals surface area contributed by atoms with E-state index in [9.17, 15) is 13.2 Å². The lowest BCUT2D eigenvalue weighted by molar-refractivity contribution is -0.123. The van der Waals surface area contributed by atoms with Gasteiger partial charge in [0.2, 0.25) is 0 Å². The molecule has 0 radical (unpaired) electrons. The highest BCUT2D eigenvalue weighted by Gasteiger charge is 2.42. The number of hydrogen-bond donors (Lipinski definition) is 0. The van der Waals surface area contributed by atoms with Gasteiger partial charge in [-0.05, 0) is 36.6 Å². The highest BCUT2D eigenvalue weighted by molar-refractivity contribution is 8.26. The molecule has 152 valence electrons. The minimum absolute atomic E-state index is 0.0235. The summed E-state index contributed by atoms with van der Waals surface area (Å²) in [5.74, 6) is 1.10. The first-order valence-electron chi connectivity index (χ1n) is 9.13. The van der Waals surface area contributed by atoms with Crippen molar-refractivity contribution in [2.24, 2.45) is 0 Å². The summed E-state index contributed by atoms with van der Waals surface area (Å²) < 4.78 is 35.0. The Balaban J connectivity index is 1.78. The van der Waals surface area contributed by atoms with E-state index in [0.29, 0.717) is 33.8 Å². The monoisotopic (exact) mass is 441 g/mol. The average molecular weight is 442 g/mol. The summed E-state index contributed by atoms with van der Waals surface area (Å²) in [5.41, 5.74) is 0.791. The number of carbonyl (C=O) groups is 1. The molecule has 1 aromatic rings. The number of amides is 1. The van der Waals surface area contributed by atoms with Crippen molar-refractivity contribution in [1.29, 1.82) is 0 Å². The molecule has 2 heterocycles. The van der Waals surface area contributed by atoms with Crippen molar-refractivity contribution in [1.82, 2.24) is 4.90 Å². The molecule has 1 atom stereocenters. The van der Waals surface area contributed by atoms with E-state index in [1.54, 1.807) is 13.2 Å². The number of thioether (sulfide) groups is 1. The molecule has 0 N–H and O–H groups in total. The van der Waals surface area contributed by atoms with Crippen LogP contribution in [-0.4, -0.2) is 54.8 Å². The zero-order chi connectivity index (χ0) is 20.3. The van der Waals surface area contributed by atoms with E-state index in [0.717, 1.165) is 18.4 Å². The van der Waals surface area contributed by atoms with Crippen LogP contribution in [0.15, 0.2) is 23.1 Å². The van der Waals surface area contributed by atoms with Gasteiger partial charge in [0.15, 0.2) is 21.3 Å². The molecule has 1 aromatic carbocycles. The van der Waals surface area contributed by atoms with Gasteiger partial charge in [0, 0.05) is 0 Å². The minimum atomic E-state index is -3.09. The summed E-state index contributed by atoms with van der Waals surface area (Å²) in [5, 5.41) is 0. The number of unbranched alkanes of at least 4 members (excludes halogenated alkanes) is 1. The molecule has 0 aromatic heterocycles. The van der Waals surface area contributed by atoms with Gasteiger partial charge in [0.1, 0.15) is 4.32 Å². The van der Waals surface area contributed by atoms with Crippen LogP contribution >= 0.6 is 24.0 Å². The van der Waals surface area contributed by atoms with Crippen LogP contribution in [0, 0.1) is 0 Å². The first-order valence-corrected chi connectivity index (χ1v) is 12.2. The molecular formula is C19H23NO5S3. The highest BCUT2D eigenvalue weighted by atomic mass is 32.2. The van der Waals surface area contributed by atoms with Crippen LogP contribution in [0.4, 0.5) is 0 Å². The molecule has 6 nitrogen and oxygen atoms in total. The third-order valence-electron chi connectivity index (χ3n) is 4.64. The summed E-state index contributed by atoms with van der Waals surface area (Å²) >= 11 is 6.54. The summed E-state index contributed by atoms with van der Waals surface area (Å²) in [7, 11) is -1.52. The van der Waals surface area contributed by atoms with Crippen LogP contribution in [0.25, 0.3) is 6.08 Å². The number of hydrogen-bond acceptors (Lipinski definition) is 7. The largest absolute Gasteiger partial charge is 0.493 e. The van der Waals surface area contributed by atoms with Crippen molar-refractivity contribution >= 4 is 50.1 Å². The Kier molecular flexibility index (Phi) is 6.67. The molecule has 1 amide bonds. The number of carbonyl (C=O) groups excluding carboxylic acids is 1. The topological polar surface area (TPSA) is 72.9 Å². The van der Waals surface area contributed by atoms with Gasteiger partial charge < -0.3 is 9.47 Å². The van der Waals surface area contributed by atoms with Crippen LogP contribution in [0.2, 0.25) is 0 Å². The lowest BCUT2D eigenvalue weighted by atomic mass is 10.1. The average Bonchev–Trinajstić information content (AvgIpc) is 3.14. The Labute approximate surface area is 175 Å². The number of benzene rings is 1. The SMILES string of the molecule is CCCCOc1ccc(/C=C2/SC(=S)N([C@@H]3CCS(=O)(=O)C3)C2=O)cc1OC. The molecule has 0 aliphatic carbocycles. The van der Waals surface area contributed by atoms with Crippen molar-refractivity contribution < 1.29 is 22.7 Å². The summed E-state index contributed by atoms with van der Waals surface area (Å²) in [6.07, 6.45) is 4.19. The maximum absolute atomic E-state index is 12.8. The second-order valence-corrected chi connectivity index (χ2v) is 10.6. The molecule has 3 rings (SSSR count). The van der Waals surface area contributed by atoms with Gasteiger partial charge in [-0.25, -0.2) is 8.42 Å². The molecule has 2 aliphatic rings. The lowest BCUT2D eigenvalue weighted by Crippen LogP contribution is -2.39. The molecule has 9 heteroatoms. The van der Waals surface area contributed by atoms with E-state index in [4.69, 9.17) is 21.7 Å². The number of rotatable bonds is 7. The zero-order valence-electron chi connectivity index (χ0n) is 15.8.